The SMILES string of the molecule is COCC#CCc1ccccc1. The van der Waals surface area contributed by atoms with E-state index >= 15 is 0 Å². The minimum absolute atomic E-state index is 0.521. The van der Waals surface area contributed by atoms with Crippen molar-refractivity contribution in [3.8, 4) is 11.8 Å². The van der Waals surface area contributed by atoms with E-state index in [0.29, 0.717) is 6.61 Å². The summed E-state index contributed by atoms with van der Waals surface area (Å²) in [6.45, 7) is 0.521. The van der Waals surface area contributed by atoms with Gasteiger partial charge in [-0.1, -0.05) is 42.2 Å². The van der Waals surface area contributed by atoms with Crippen LogP contribution in [0, 0.1) is 11.8 Å². The van der Waals surface area contributed by atoms with Crippen molar-refractivity contribution in [1.29, 1.82) is 0 Å². The summed E-state index contributed by atoms with van der Waals surface area (Å²) in [6.07, 6.45) is 0.810. The van der Waals surface area contributed by atoms with Crippen molar-refractivity contribution in [3.05, 3.63) is 35.9 Å². The average molecular weight is 160 g/mol. The largest absolute Gasteiger partial charge is 0.372 e. The summed E-state index contributed by atoms with van der Waals surface area (Å²) in [4.78, 5) is 0. The average Bonchev–Trinajstić information content (AvgIpc) is 2.14. The number of hydrogen-bond donors (Lipinski definition) is 0. The van der Waals surface area contributed by atoms with Crippen LogP contribution in [0.25, 0.3) is 0 Å². The molecule has 0 unspecified atom stereocenters. The van der Waals surface area contributed by atoms with Gasteiger partial charge in [-0.3, -0.25) is 0 Å². The molecule has 0 heterocycles. The molecule has 0 aliphatic carbocycles. The Hall–Kier alpha value is -1.26. The zero-order valence-corrected chi connectivity index (χ0v) is 7.21. The number of benzene rings is 1. The Balaban J connectivity index is 2.40. The molecule has 12 heavy (non-hydrogen) atoms. The predicted octanol–water partition coefficient (Wildman–Crippen LogP) is 1.88. The van der Waals surface area contributed by atoms with Crippen LogP contribution >= 0.6 is 0 Å². The Morgan fingerprint density at radius 2 is 1.92 bits per heavy atom. The van der Waals surface area contributed by atoms with Gasteiger partial charge < -0.3 is 4.74 Å². The lowest BCUT2D eigenvalue weighted by molar-refractivity contribution is 0.239. The minimum atomic E-state index is 0.521. The third kappa shape index (κ3) is 3.23. The third-order valence-electron chi connectivity index (χ3n) is 1.48. The van der Waals surface area contributed by atoms with Gasteiger partial charge in [0.1, 0.15) is 6.61 Å². The van der Waals surface area contributed by atoms with E-state index in [0.717, 1.165) is 6.42 Å². The van der Waals surface area contributed by atoms with Crippen LogP contribution in [0.3, 0.4) is 0 Å². The molecule has 0 aromatic heterocycles. The fourth-order valence-electron chi connectivity index (χ4n) is 0.884. The van der Waals surface area contributed by atoms with Crippen LogP contribution in [0.15, 0.2) is 30.3 Å². The second-order valence-electron chi connectivity index (χ2n) is 2.45. The van der Waals surface area contributed by atoms with Gasteiger partial charge in [0.15, 0.2) is 0 Å². The van der Waals surface area contributed by atoms with Gasteiger partial charge in [0.25, 0.3) is 0 Å². The third-order valence-corrected chi connectivity index (χ3v) is 1.48. The molecule has 0 radical (unpaired) electrons. The highest BCUT2D eigenvalue weighted by Crippen LogP contribution is 1.97. The fourth-order valence-corrected chi connectivity index (χ4v) is 0.884. The van der Waals surface area contributed by atoms with Gasteiger partial charge in [-0.15, -0.1) is 0 Å². The summed E-state index contributed by atoms with van der Waals surface area (Å²) in [5, 5.41) is 0. The van der Waals surface area contributed by atoms with Crippen molar-refractivity contribution in [1.82, 2.24) is 0 Å². The van der Waals surface area contributed by atoms with Gasteiger partial charge in [0.05, 0.1) is 0 Å². The molecule has 0 N–H and O–H groups in total. The Morgan fingerprint density at radius 3 is 2.58 bits per heavy atom. The van der Waals surface area contributed by atoms with Crippen LogP contribution in [0.4, 0.5) is 0 Å². The topological polar surface area (TPSA) is 9.23 Å². The van der Waals surface area contributed by atoms with Crippen molar-refractivity contribution in [2.75, 3.05) is 13.7 Å². The Labute approximate surface area is 73.4 Å². The molecule has 0 saturated carbocycles. The molecule has 0 amide bonds. The zero-order valence-electron chi connectivity index (χ0n) is 7.21. The van der Waals surface area contributed by atoms with Crippen LogP contribution in [0.1, 0.15) is 5.56 Å². The van der Waals surface area contributed by atoms with Gasteiger partial charge in [-0.25, -0.2) is 0 Å². The molecule has 0 saturated heterocycles. The standard InChI is InChI=1S/C11H12O/c1-12-10-6-5-9-11-7-3-2-4-8-11/h2-4,7-8H,9-10H2,1H3. The Kier molecular flexibility index (Phi) is 3.97. The van der Waals surface area contributed by atoms with E-state index in [1.54, 1.807) is 7.11 Å². The molecular formula is C11H12O. The molecule has 0 fully saturated rings. The summed E-state index contributed by atoms with van der Waals surface area (Å²) < 4.78 is 4.81. The summed E-state index contributed by atoms with van der Waals surface area (Å²) in [7, 11) is 1.65. The number of rotatable bonds is 2. The number of hydrogen-bond acceptors (Lipinski definition) is 1. The van der Waals surface area contributed by atoms with Crippen molar-refractivity contribution >= 4 is 0 Å². The minimum Gasteiger partial charge on any atom is -0.372 e. The monoisotopic (exact) mass is 160 g/mol. The van der Waals surface area contributed by atoms with E-state index < -0.39 is 0 Å². The fraction of sp³-hybridized carbons (Fsp3) is 0.273. The predicted molar refractivity (Wildman–Crippen MR) is 49.8 cm³/mol. The molecule has 1 rings (SSSR count). The quantitative estimate of drug-likeness (QED) is 0.600. The van der Waals surface area contributed by atoms with E-state index in [4.69, 9.17) is 4.74 Å². The van der Waals surface area contributed by atoms with E-state index in [2.05, 4.69) is 24.0 Å². The van der Waals surface area contributed by atoms with E-state index in [-0.39, 0.29) is 0 Å². The normalized spacial score (nSPS) is 8.75. The molecule has 0 aliphatic rings. The molecule has 1 aromatic carbocycles. The maximum absolute atomic E-state index is 4.81. The lowest BCUT2D eigenvalue weighted by Crippen LogP contribution is -1.83. The molecule has 0 aliphatic heterocycles. The van der Waals surface area contributed by atoms with Crippen molar-refractivity contribution in [3.63, 3.8) is 0 Å². The van der Waals surface area contributed by atoms with Crippen molar-refractivity contribution in [2.45, 2.75) is 6.42 Å². The lowest BCUT2D eigenvalue weighted by atomic mass is 10.2. The molecule has 1 heteroatoms. The first-order valence-electron chi connectivity index (χ1n) is 3.92. The first-order chi connectivity index (χ1) is 5.93. The molecule has 1 nitrogen and oxygen atoms in total. The molecule has 1 aromatic rings. The first kappa shape index (κ1) is 8.83. The van der Waals surface area contributed by atoms with Crippen LogP contribution in [-0.4, -0.2) is 13.7 Å². The second-order valence-corrected chi connectivity index (χ2v) is 2.45. The highest BCUT2D eigenvalue weighted by Gasteiger charge is 1.83. The number of ether oxygens (including phenoxy) is 1. The van der Waals surface area contributed by atoms with E-state index in [1.807, 2.05) is 18.2 Å². The maximum Gasteiger partial charge on any atom is 0.107 e. The summed E-state index contributed by atoms with van der Waals surface area (Å²) in [5.41, 5.74) is 1.25. The van der Waals surface area contributed by atoms with E-state index in [9.17, 15) is 0 Å². The molecule has 0 atom stereocenters. The molecule has 62 valence electrons. The molecule has 0 spiro atoms. The van der Waals surface area contributed by atoms with Gasteiger partial charge in [0.2, 0.25) is 0 Å². The Morgan fingerprint density at radius 1 is 1.17 bits per heavy atom. The van der Waals surface area contributed by atoms with Gasteiger partial charge in [0, 0.05) is 13.5 Å². The highest BCUT2D eigenvalue weighted by atomic mass is 16.5. The van der Waals surface area contributed by atoms with Crippen LogP contribution in [0.5, 0.6) is 0 Å². The first-order valence-corrected chi connectivity index (χ1v) is 3.92. The van der Waals surface area contributed by atoms with Crippen molar-refractivity contribution in [2.24, 2.45) is 0 Å². The van der Waals surface area contributed by atoms with Crippen molar-refractivity contribution < 1.29 is 4.74 Å². The van der Waals surface area contributed by atoms with Gasteiger partial charge in [-0.2, -0.15) is 0 Å². The van der Waals surface area contributed by atoms with E-state index in [1.165, 1.54) is 5.56 Å². The number of methoxy groups -OCH3 is 1. The second kappa shape index (κ2) is 5.40. The summed E-state index contributed by atoms with van der Waals surface area (Å²) in [5.74, 6) is 5.94. The van der Waals surface area contributed by atoms with Crippen LogP contribution < -0.4 is 0 Å². The summed E-state index contributed by atoms with van der Waals surface area (Å²) >= 11 is 0. The van der Waals surface area contributed by atoms with Crippen LogP contribution in [-0.2, 0) is 11.2 Å². The lowest BCUT2D eigenvalue weighted by Gasteiger charge is -1.91. The van der Waals surface area contributed by atoms with Crippen LogP contribution in [0.2, 0.25) is 0 Å². The smallest absolute Gasteiger partial charge is 0.107 e. The summed E-state index contributed by atoms with van der Waals surface area (Å²) in [6, 6.07) is 10.2. The molecule has 0 bridgehead atoms. The van der Waals surface area contributed by atoms with Gasteiger partial charge >= 0.3 is 0 Å². The zero-order chi connectivity index (χ0) is 8.65. The molecular weight excluding hydrogens is 148 g/mol. The van der Waals surface area contributed by atoms with Gasteiger partial charge in [-0.05, 0) is 5.56 Å². The maximum atomic E-state index is 4.81. The highest BCUT2D eigenvalue weighted by molar-refractivity contribution is 5.20. The Bertz CT molecular complexity index is 266.